The van der Waals surface area contributed by atoms with Crippen molar-refractivity contribution in [2.75, 3.05) is 23.3 Å². The zero-order chi connectivity index (χ0) is 16.4. The Hall–Kier alpha value is -2.60. The summed E-state index contributed by atoms with van der Waals surface area (Å²) in [6.45, 7) is 2.22. The lowest BCUT2D eigenvalue weighted by molar-refractivity contribution is 0.102. The Balaban J connectivity index is 1.44. The minimum absolute atomic E-state index is 0.210. The van der Waals surface area contributed by atoms with Gasteiger partial charge in [-0.3, -0.25) is 4.79 Å². The van der Waals surface area contributed by atoms with Crippen molar-refractivity contribution in [1.29, 1.82) is 0 Å². The van der Waals surface area contributed by atoms with Gasteiger partial charge in [0.25, 0.3) is 5.91 Å². The molecule has 1 saturated heterocycles. The average molecular weight is 339 g/mol. The van der Waals surface area contributed by atoms with Crippen LogP contribution in [0.5, 0.6) is 0 Å². The number of rotatable bonds is 4. The van der Waals surface area contributed by atoms with Crippen molar-refractivity contribution in [2.45, 2.75) is 12.8 Å². The minimum Gasteiger partial charge on any atom is -0.462 e. The maximum absolute atomic E-state index is 12.3. The molecule has 0 saturated carbocycles. The van der Waals surface area contributed by atoms with Gasteiger partial charge in [0.1, 0.15) is 5.69 Å². The van der Waals surface area contributed by atoms with Crippen LogP contribution in [-0.2, 0) is 0 Å². The van der Waals surface area contributed by atoms with Gasteiger partial charge in [0, 0.05) is 29.8 Å². The van der Waals surface area contributed by atoms with Crippen LogP contribution in [0, 0.1) is 0 Å². The van der Waals surface area contributed by atoms with Crippen molar-refractivity contribution >= 4 is 28.6 Å². The van der Waals surface area contributed by atoms with Gasteiger partial charge >= 0.3 is 0 Å². The Kier molecular flexibility index (Phi) is 4.04. The first-order valence-corrected chi connectivity index (χ1v) is 8.83. The van der Waals surface area contributed by atoms with Crippen molar-refractivity contribution in [3.05, 3.63) is 53.7 Å². The summed E-state index contributed by atoms with van der Waals surface area (Å²) in [6, 6.07) is 11.6. The Morgan fingerprint density at radius 2 is 1.96 bits per heavy atom. The topological polar surface area (TPSA) is 58.4 Å². The molecular formula is C18H17N3O2S. The number of carbonyl (C=O) groups excluding carboxylic acids is 1. The maximum Gasteiger partial charge on any atom is 0.275 e. The fourth-order valence-electron chi connectivity index (χ4n) is 2.82. The SMILES string of the molecule is O=C(Nc1ccc(N2CCCC2)cc1)c1csc(-c2ccco2)n1. The molecule has 0 radical (unpaired) electrons. The summed E-state index contributed by atoms with van der Waals surface area (Å²) in [7, 11) is 0. The predicted molar refractivity (Wildman–Crippen MR) is 95.7 cm³/mol. The van der Waals surface area contributed by atoms with E-state index in [0.717, 1.165) is 18.8 Å². The largest absolute Gasteiger partial charge is 0.462 e. The molecule has 2 aromatic heterocycles. The first-order chi connectivity index (χ1) is 11.8. The number of amides is 1. The smallest absolute Gasteiger partial charge is 0.275 e. The summed E-state index contributed by atoms with van der Waals surface area (Å²) in [5.74, 6) is 0.465. The number of furan rings is 1. The third-order valence-corrected chi connectivity index (χ3v) is 4.92. The van der Waals surface area contributed by atoms with Crippen molar-refractivity contribution in [3.63, 3.8) is 0 Å². The second kappa shape index (κ2) is 6.49. The number of anilines is 2. The number of nitrogens with one attached hydrogen (secondary N) is 1. The van der Waals surface area contributed by atoms with E-state index in [1.165, 1.54) is 29.9 Å². The molecule has 1 amide bonds. The van der Waals surface area contributed by atoms with E-state index in [1.54, 1.807) is 17.7 Å². The van der Waals surface area contributed by atoms with E-state index in [0.29, 0.717) is 16.5 Å². The average Bonchev–Trinajstić information content (AvgIpc) is 3.35. The van der Waals surface area contributed by atoms with Gasteiger partial charge in [-0.25, -0.2) is 4.98 Å². The Morgan fingerprint density at radius 3 is 2.67 bits per heavy atom. The first kappa shape index (κ1) is 15.0. The molecule has 3 aromatic rings. The van der Waals surface area contributed by atoms with E-state index in [4.69, 9.17) is 4.42 Å². The lowest BCUT2D eigenvalue weighted by Gasteiger charge is -2.17. The molecule has 1 aromatic carbocycles. The van der Waals surface area contributed by atoms with Gasteiger partial charge in [0.05, 0.1) is 6.26 Å². The van der Waals surface area contributed by atoms with Crippen molar-refractivity contribution < 1.29 is 9.21 Å². The van der Waals surface area contributed by atoms with Crippen LogP contribution in [0.3, 0.4) is 0 Å². The molecule has 0 aliphatic carbocycles. The molecule has 1 aliphatic heterocycles. The molecule has 0 unspecified atom stereocenters. The molecule has 1 aliphatic rings. The molecule has 6 heteroatoms. The predicted octanol–water partition coefficient (Wildman–Crippen LogP) is 4.26. The molecule has 1 fully saturated rings. The highest BCUT2D eigenvalue weighted by Gasteiger charge is 2.15. The zero-order valence-corrected chi connectivity index (χ0v) is 13.9. The van der Waals surface area contributed by atoms with E-state index in [2.05, 4.69) is 27.3 Å². The van der Waals surface area contributed by atoms with Gasteiger partial charge in [0.2, 0.25) is 0 Å². The van der Waals surface area contributed by atoms with E-state index in [9.17, 15) is 4.79 Å². The van der Waals surface area contributed by atoms with E-state index >= 15 is 0 Å². The summed E-state index contributed by atoms with van der Waals surface area (Å²) in [5.41, 5.74) is 2.38. The molecule has 0 atom stereocenters. The lowest BCUT2D eigenvalue weighted by Crippen LogP contribution is -2.17. The normalized spacial score (nSPS) is 14.1. The number of carbonyl (C=O) groups is 1. The molecule has 3 heterocycles. The van der Waals surface area contributed by atoms with E-state index in [-0.39, 0.29) is 5.91 Å². The summed E-state index contributed by atoms with van der Waals surface area (Å²) in [6.07, 6.45) is 4.10. The van der Waals surface area contributed by atoms with Gasteiger partial charge in [-0.1, -0.05) is 0 Å². The first-order valence-electron chi connectivity index (χ1n) is 7.95. The highest BCUT2D eigenvalue weighted by atomic mass is 32.1. The number of nitrogens with zero attached hydrogens (tertiary/aromatic N) is 2. The summed E-state index contributed by atoms with van der Waals surface area (Å²) in [5, 5.41) is 5.34. The van der Waals surface area contributed by atoms with Crippen LogP contribution in [-0.4, -0.2) is 24.0 Å². The third-order valence-electron chi connectivity index (χ3n) is 4.07. The number of benzene rings is 1. The third kappa shape index (κ3) is 3.05. The van der Waals surface area contributed by atoms with Gasteiger partial charge in [0.15, 0.2) is 10.8 Å². The second-order valence-corrected chi connectivity index (χ2v) is 6.57. The molecule has 122 valence electrons. The monoisotopic (exact) mass is 339 g/mol. The molecule has 1 N–H and O–H groups in total. The quantitative estimate of drug-likeness (QED) is 0.772. The van der Waals surface area contributed by atoms with Crippen LogP contribution in [0.25, 0.3) is 10.8 Å². The highest BCUT2D eigenvalue weighted by Crippen LogP contribution is 2.25. The van der Waals surface area contributed by atoms with Crippen LogP contribution in [0.15, 0.2) is 52.5 Å². The second-order valence-electron chi connectivity index (χ2n) is 5.71. The van der Waals surface area contributed by atoms with Crippen LogP contribution >= 0.6 is 11.3 Å². The highest BCUT2D eigenvalue weighted by molar-refractivity contribution is 7.13. The van der Waals surface area contributed by atoms with Gasteiger partial charge < -0.3 is 14.6 Å². The molecule has 0 bridgehead atoms. The molecule has 0 spiro atoms. The maximum atomic E-state index is 12.3. The number of thiazole rings is 1. The van der Waals surface area contributed by atoms with Crippen LogP contribution in [0.2, 0.25) is 0 Å². The van der Waals surface area contributed by atoms with E-state index < -0.39 is 0 Å². The molecular weight excluding hydrogens is 322 g/mol. The lowest BCUT2D eigenvalue weighted by atomic mass is 10.2. The van der Waals surface area contributed by atoms with Gasteiger partial charge in [-0.05, 0) is 49.2 Å². The molecule has 4 rings (SSSR count). The summed E-state index contributed by atoms with van der Waals surface area (Å²) in [4.78, 5) is 19.0. The van der Waals surface area contributed by atoms with Crippen LogP contribution in [0.1, 0.15) is 23.3 Å². The van der Waals surface area contributed by atoms with Crippen molar-refractivity contribution in [3.8, 4) is 10.8 Å². The van der Waals surface area contributed by atoms with E-state index in [1.807, 2.05) is 18.2 Å². The Morgan fingerprint density at radius 1 is 1.17 bits per heavy atom. The van der Waals surface area contributed by atoms with Crippen molar-refractivity contribution in [2.24, 2.45) is 0 Å². The number of aromatic nitrogens is 1. The minimum atomic E-state index is -0.210. The standard InChI is InChI=1S/C18H17N3O2S/c22-17(15-12-24-18(20-15)16-4-3-11-23-16)19-13-5-7-14(8-6-13)21-9-1-2-10-21/h3-8,11-12H,1-2,9-10H2,(H,19,22). The fraction of sp³-hybridized carbons (Fsp3) is 0.222. The van der Waals surface area contributed by atoms with Crippen LogP contribution in [0.4, 0.5) is 11.4 Å². The molecule has 24 heavy (non-hydrogen) atoms. The molecule has 5 nitrogen and oxygen atoms in total. The Labute approximate surface area is 143 Å². The fourth-order valence-corrected chi connectivity index (χ4v) is 3.58. The Bertz CT molecular complexity index is 818. The van der Waals surface area contributed by atoms with Gasteiger partial charge in [-0.15, -0.1) is 11.3 Å². The zero-order valence-electron chi connectivity index (χ0n) is 13.1. The van der Waals surface area contributed by atoms with Crippen LogP contribution < -0.4 is 10.2 Å². The van der Waals surface area contributed by atoms with Gasteiger partial charge in [-0.2, -0.15) is 0 Å². The number of hydrogen-bond acceptors (Lipinski definition) is 5. The van der Waals surface area contributed by atoms with Crippen molar-refractivity contribution in [1.82, 2.24) is 4.98 Å². The number of hydrogen-bond donors (Lipinski definition) is 1. The summed E-state index contributed by atoms with van der Waals surface area (Å²) >= 11 is 1.39. The summed E-state index contributed by atoms with van der Waals surface area (Å²) < 4.78 is 5.30.